The first-order valence-corrected chi connectivity index (χ1v) is 2.58. The Labute approximate surface area is 70.9 Å². The Morgan fingerprint density at radius 1 is 1.70 bits per heavy atom. The molecule has 0 bridgehead atoms. The topological polar surface area (TPSA) is 83.5 Å². The quantitative estimate of drug-likeness (QED) is 0.492. The van der Waals surface area contributed by atoms with Gasteiger partial charge in [0.1, 0.15) is 0 Å². The molecule has 4 nitrogen and oxygen atoms in total. The SMILES string of the molecule is CC(=O)O.CC(O)CN.[Cu]. The van der Waals surface area contributed by atoms with Crippen molar-refractivity contribution in [2.45, 2.75) is 20.0 Å². The fraction of sp³-hybridized carbons (Fsp3) is 0.800. The molecule has 10 heavy (non-hydrogen) atoms. The second-order valence-corrected chi connectivity index (χ2v) is 1.60. The van der Waals surface area contributed by atoms with Crippen molar-refractivity contribution in [1.82, 2.24) is 0 Å². The van der Waals surface area contributed by atoms with Crippen LogP contribution in [0.3, 0.4) is 0 Å². The van der Waals surface area contributed by atoms with Gasteiger partial charge in [0.2, 0.25) is 0 Å². The molecule has 0 rings (SSSR count). The van der Waals surface area contributed by atoms with Gasteiger partial charge in [0.15, 0.2) is 0 Å². The third kappa shape index (κ3) is 104. The van der Waals surface area contributed by atoms with Gasteiger partial charge in [-0.1, -0.05) is 0 Å². The predicted molar refractivity (Wildman–Crippen MR) is 34.0 cm³/mol. The summed E-state index contributed by atoms with van der Waals surface area (Å²) in [5.74, 6) is -0.833. The van der Waals surface area contributed by atoms with Crippen molar-refractivity contribution in [3.05, 3.63) is 0 Å². The average molecular weight is 199 g/mol. The number of hydrogen-bond donors (Lipinski definition) is 3. The molecule has 0 aromatic carbocycles. The molecule has 4 N–H and O–H groups in total. The molecule has 1 unspecified atom stereocenters. The molecule has 0 aliphatic heterocycles. The molecule has 5 heteroatoms. The predicted octanol–water partition coefficient (Wildman–Crippen LogP) is -0.586. The van der Waals surface area contributed by atoms with Gasteiger partial charge in [-0.2, -0.15) is 0 Å². The minimum atomic E-state index is -0.833. The number of aliphatic carboxylic acids is 1. The first-order chi connectivity index (χ1) is 4.00. The number of hydrogen-bond acceptors (Lipinski definition) is 3. The summed E-state index contributed by atoms with van der Waals surface area (Å²) in [7, 11) is 0. The minimum absolute atomic E-state index is 0. The van der Waals surface area contributed by atoms with Gasteiger partial charge in [0.25, 0.3) is 5.97 Å². The van der Waals surface area contributed by atoms with E-state index in [2.05, 4.69) is 0 Å². The van der Waals surface area contributed by atoms with Gasteiger partial charge in [-0.15, -0.1) is 0 Å². The normalized spacial score (nSPS) is 10.0. The van der Waals surface area contributed by atoms with Crippen LogP contribution in [0.25, 0.3) is 0 Å². The maximum atomic E-state index is 9.00. The molecule has 0 aliphatic rings. The smallest absolute Gasteiger partial charge is 0.300 e. The van der Waals surface area contributed by atoms with Gasteiger partial charge in [-0.05, 0) is 6.92 Å². The molecule has 0 saturated carbocycles. The zero-order valence-electron chi connectivity index (χ0n) is 5.97. The Morgan fingerprint density at radius 3 is 1.80 bits per heavy atom. The van der Waals surface area contributed by atoms with E-state index >= 15 is 0 Å². The molecule has 0 aromatic heterocycles. The number of carbonyl (C=O) groups is 1. The van der Waals surface area contributed by atoms with E-state index in [0.29, 0.717) is 6.54 Å². The summed E-state index contributed by atoms with van der Waals surface area (Å²) in [6.07, 6.45) is -0.338. The van der Waals surface area contributed by atoms with E-state index in [1.165, 1.54) is 0 Å². The first-order valence-electron chi connectivity index (χ1n) is 2.58. The maximum absolute atomic E-state index is 9.00. The second kappa shape index (κ2) is 11.7. The van der Waals surface area contributed by atoms with Crippen molar-refractivity contribution >= 4 is 5.97 Å². The number of carboxylic acid groups (broad SMARTS) is 1. The minimum Gasteiger partial charge on any atom is -0.481 e. The summed E-state index contributed by atoms with van der Waals surface area (Å²) >= 11 is 0. The van der Waals surface area contributed by atoms with Crippen LogP contribution in [0.2, 0.25) is 0 Å². The number of aliphatic hydroxyl groups is 1. The third-order valence-electron chi connectivity index (χ3n) is 0.341. The standard InChI is InChI=1S/C3H9NO.C2H4O2.Cu/c1-3(5)2-4;1-2(3)4;/h3,5H,2,4H2,1H3;1H3,(H,3,4);. The third-order valence-corrected chi connectivity index (χ3v) is 0.341. The maximum Gasteiger partial charge on any atom is 0.300 e. The Balaban J connectivity index is -0.0000000910. The van der Waals surface area contributed by atoms with Crippen molar-refractivity contribution in [3.8, 4) is 0 Å². The van der Waals surface area contributed by atoms with Crippen LogP contribution < -0.4 is 5.73 Å². The monoisotopic (exact) mass is 198 g/mol. The van der Waals surface area contributed by atoms with Crippen LogP contribution in [-0.4, -0.2) is 28.8 Å². The van der Waals surface area contributed by atoms with Crippen LogP contribution in [-0.2, 0) is 21.9 Å². The van der Waals surface area contributed by atoms with Crippen LogP contribution in [0.15, 0.2) is 0 Å². The summed E-state index contributed by atoms with van der Waals surface area (Å²) in [4.78, 5) is 9.00. The summed E-state index contributed by atoms with van der Waals surface area (Å²) in [6, 6.07) is 0. The van der Waals surface area contributed by atoms with Gasteiger partial charge in [-0.25, -0.2) is 0 Å². The molecule has 0 amide bonds. The largest absolute Gasteiger partial charge is 0.481 e. The van der Waals surface area contributed by atoms with Gasteiger partial charge >= 0.3 is 0 Å². The summed E-state index contributed by atoms with van der Waals surface area (Å²) < 4.78 is 0. The van der Waals surface area contributed by atoms with Gasteiger partial charge < -0.3 is 15.9 Å². The van der Waals surface area contributed by atoms with Crippen LogP contribution >= 0.6 is 0 Å². The molecule has 0 heterocycles. The number of aliphatic hydroxyl groups excluding tert-OH is 1. The van der Waals surface area contributed by atoms with E-state index in [1.54, 1.807) is 6.92 Å². The molecule has 0 aliphatic carbocycles. The van der Waals surface area contributed by atoms with Crippen molar-refractivity contribution in [2.75, 3.05) is 6.54 Å². The van der Waals surface area contributed by atoms with Crippen molar-refractivity contribution < 1.29 is 32.1 Å². The van der Waals surface area contributed by atoms with Gasteiger partial charge in [-0.3, -0.25) is 4.79 Å². The van der Waals surface area contributed by atoms with Crippen LogP contribution in [0.5, 0.6) is 0 Å². The van der Waals surface area contributed by atoms with Crippen LogP contribution in [0.1, 0.15) is 13.8 Å². The number of rotatable bonds is 1. The summed E-state index contributed by atoms with van der Waals surface area (Å²) in [5.41, 5.74) is 4.92. The first kappa shape index (κ1) is 16.5. The summed E-state index contributed by atoms with van der Waals surface area (Å²) in [5, 5.41) is 15.7. The molecule has 0 fully saturated rings. The van der Waals surface area contributed by atoms with E-state index < -0.39 is 5.97 Å². The van der Waals surface area contributed by atoms with E-state index in [0.717, 1.165) is 6.92 Å². The van der Waals surface area contributed by atoms with Crippen molar-refractivity contribution in [3.63, 3.8) is 0 Å². The van der Waals surface area contributed by atoms with E-state index in [9.17, 15) is 0 Å². The molecule has 1 radical (unpaired) electrons. The molecular formula is C5H13CuNO3. The number of carboxylic acids is 1. The fourth-order valence-corrected chi connectivity index (χ4v) is 0. The molecule has 0 spiro atoms. The zero-order chi connectivity index (χ0) is 7.86. The van der Waals surface area contributed by atoms with E-state index in [4.69, 9.17) is 20.7 Å². The Bertz CT molecular complexity index is 73.3. The summed E-state index contributed by atoms with van der Waals surface area (Å²) in [6.45, 7) is 3.10. The Morgan fingerprint density at radius 2 is 1.80 bits per heavy atom. The molecule has 67 valence electrons. The average Bonchev–Trinajstić information content (AvgIpc) is 1.65. The van der Waals surface area contributed by atoms with E-state index in [-0.39, 0.29) is 23.2 Å². The molecular weight excluding hydrogens is 186 g/mol. The molecule has 1 atom stereocenters. The Hall–Kier alpha value is -0.0905. The molecule has 0 saturated heterocycles. The molecule has 0 aromatic rings. The van der Waals surface area contributed by atoms with Crippen LogP contribution in [0, 0.1) is 0 Å². The van der Waals surface area contributed by atoms with Crippen molar-refractivity contribution in [2.24, 2.45) is 5.73 Å². The zero-order valence-corrected chi connectivity index (χ0v) is 6.91. The van der Waals surface area contributed by atoms with Crippen molar-refractivity contribution in [1.29, 1.82) is 0 Å². The van der Waals surface area contributed by atoms with E-state index in [1.807, 2.05) is 0 Å². The number of nitrogens with two attached hydrogens (primary N) is 1. The van der Waals surface area contributed by atoms with Gasteiger partial charge in [0.05, 0.1) is 6.10 Å². The van der Waals surface area contributed by atoms with Gasteiger partial charge in [0, 0.05) is 30.5 Å². The second-order valence-electron chi connectivity index (χ2n) is 1.60. The Kier molecular flexibility index (Phi) is 19.2. The fourth-order valence-electron chi connectivity index (χ4n) is 0. The van der Waals surface area contributed by atoms with Crippen LogP contribution in [0.4, 0.5) is 0 Å².